The first-order valence-electron chi connectivity index (χ1n) is 7.83. The average Bonchev–Trinajstić information content (AvgIpc) is 2.59. The molecule has 0 spiro atoms. The minimum absolute atomic E-state index is 0.0549. The highest BCUT2D eigenvalue weighted by Crippen LogP contribution is 2.38. The molecule has 104 valence electrons. The zero-order valence-corrected chi connectivity index (χ0v) is 12.4. The molecule has 1 aliphatic carbocycles. The number of hydrogen-bond acceptors (Lipinski definition) is 2. The van der Waals surface area contributed by atoms with Crippen LogP contribution < -0.4 is 0 Å². The summed E-state index contributed by atoms with van der Waals surface area (Å²) in [6.07, 6.45) is 8.83. The molecule has 1 heterocycles. The number of carbonyl (C=O) groups is 1. The van der Waals surface area contributed by atoms with Gasteiger partial charge in [0.1, 0.15) is 5.78 Å². The minimum atomic E-state index is -0.0549. The molecule has 0 aromatic heterocycles. The highest BCUT2D eigenvalue weighted by atomic mass is 16.1. The number of rotatable bonds is 4. The normalized spacial score (nSPS) is 32.9. The molecule has 0 aromatic carbocycles. The number of carbonyl (C=O) groups excluding carboxylic acids is 1. The number of Topliss-reactive ketones (excluding diaryl/α,β-unsaturated/α-hetero) is 1. The van der Waals surface area contributed by atoms with Gasteiger partial charge in [0.15, 0.2) is 0 Å². The lowest BCUT2D eigenvalue weighted by atomic mass is 9.88. The summed E-state index contributed by atoms with van der Waals surface area (Å²) >= 11 is 0. The summed E-state index contributed by atoms with van der Waals surface area (Å²) in [6, 6.07) is 0.750. The highest BCUT2D eigenvalue weighted by molar-refractivity contribution is 5.88. The molecular formula is C16H29NO. The van der Waals surface area contributed by atoms with Gasteiger partial charge in [-0.3, -0.25) is 9.69 Å². The third kappa shape index (κ3) is 2.96. The van der Waals surface area contributed by atoms with Crippen molar-refractivity contribution in [1.29, 1.82) is 0 Å². The van der Waals surface area contributed by atoms with E-state index < -0.39 is 0 Å². The molecule has 1 saturated carbocycles. The van der Waals surface area contributed by atoms with Gasteiger partial charge in [0, 0.05) is 23.9 Å². The molecule has 1 aliphatic heterocycles. The van der Waals surface area contributed by atoms with Crippen LogP contribution in [0.5, 0.6) is 0 Å². The zero-order chi connectivity index (χ0) is 13.2. The molecule has 2 heteroatoms. The minimum Gasteiger partial charge on any atom is -0.300 e. The van der Waals surface area contributed by atoms with Gasteiger partial charge in [-0.25, -0.2) is 0 Å². The van der Waals surface area contributed by atoms with Crippen LogP contribution in [0, 0.1) is 11.3 Å². The topological polar surface area (TPSA) is 20.3 Å². The molecule has 0 N–H and O–H groups in total. The molecule has 0 aromatic rings. The summed E-state index contributed by atoms with van der Waals surface area (Å²) in [5.41, 5.74) is -0.0549. The van der Waals surface area contributed by atoms with Crippen molar-refractivity contribution in [2.24, 2.45) is 11.3 Å². The first-order valence-corrected chi connectivity index (χ1v) is 7.83. The summed E-state index contributed by atoms with van der Waals surface area (Å²) in [4.78, 5) is 15.0. The molecule has 0 bridgehead atoms. The molecular weight excluding hydrogens is 222 g/mol. The number of likely N-dealkylation sites (tertiary alicyclic amines) is 1. The van der Waals surface area contributed by atoms with Gasteiger partial charge >= 0.3 is 0 Å². The maximum atomic E-state index is 12.3. The second-order valence-corrected chi connectivity index (χ2v) is 6.92. The third-order valence-electron chi connectivity index (χ3n) is 4.98. The lowest BCUT2D eigenvalue weighted by Crippen LogP contribution is -2.43. The van der Waals surface area contributed by atoms with Crippen LogP contribution in [0.1, 0.15) is 65.7 Å². The van der Waals surface area contributed by atoms with Gasteiger partial charge in [-0.2, -0.15) is 0 Å². The van der Waals surface area contributed by atoms with Crippen LogP contribution in [0.15, 0.2) is 0 Å². The molecule has 1 saturated heterocycles. The molecule has 2 rings (SSSR count). The lowest BCUT2D eigenvalue weighted by Gasteiger charge is -2.37. The average molecular weight is 251 g/mol. The maximum Gasteiger partial charge on any atom is 0.142 e. The predicted molar refractivity (Wildman–Crippen MR) is 75.6 cm³/mol. The maximum absolute atomic E-state index is 12.3. The fraction of sp³-hybridized carbons (Fsp3) is 0.938. The lowest BCUT2D eigenvalue weighted by molar-refractivity contribution is -0.128. The van der Waals surface area contributed by atoms with Gasteiger partial charge in [-0.1, -0.05) is 33.6 Å². The Kier molecular flexibility index (Phi) is 4.47. The van der Waals surface area contributed by atoms with Crippen LogP contribution >= 0.6 is 0 Å². The standard InChI is InChI=1S/C16H29NO/c1-4-7-14-8-5-6-11-17(14)12-13-9-10-16(2,3)15(13)18/h13-14H,4-12H2,1-3H3. The second kappa shape index (κ2) is 5.73. The van der Waals surface area contributed by atoms with E-state index in [1.165, 1.54) is 38.6 Å². The van der Waals surface area contributed by atoms with Crippen molar-refractivity contribution in [3.63, 3.8) is 0 Å². The van der Waals surface area contributed by atoms with E-state index in [0.717, 1.165) is 25.4 Å². The Labute approximate surface area is 112 Å². The summed E-state index contributed by atoms with van der Waals surface area (Å²) in [7, 11) is 0. The van der Waals surface area contributed by atoms with Crippen molar-refractivity contribution in [2.75, 3.05) is 13.1 Å². The van der Waals surface area contributed by atoms with Gasteiger partial charge in [0.05, 0.1) is 0 Å². The first-order chi connectivity index (χ1) is 8.54. The number of nitrogens with zero attached hydrogens (tertiary/aromatic N) is 1. The van der Waals surface area contributed by atoms with E-state index in [2.05, 4.69) is 25.7 Å². The quantitative estimate of drug-likeness (QED) is 0.760. The Bertz CT molecular complexity index is 295. The van der Waals surface area contributed by atoms with E-state index in [1.807, 2.05) is 0 Å². The third-order valence-corrected chi connectivity index (χ3v) is 4.98. The van der Waals surface area contributed by atoms with E-state index in [4.69, 9.17) is 0 Å². The summed E-state index contributed by atoms with van der Waals surface area (Å²) in [5.74, 6) is 0.834. The fourth-order valence-electron chi connectivity index (χ4n) is 3.76. The van der Waals surface area contributed by atoms with Crippen molar-refractivity contribution in [3.8, 4) is 0 Å². The zero-order valence-electron chi connectivity index (χ0n) is 12.4. The Morgan fingerprint density at radius 2 is 2.06 bits per heavy atom. The Morgan fingerprint density at radius 1 is 1.28 bits per heavy atom. The Balaban J connectivity index is 1.93. The van der Waals surface area contributed by atoms with Gasteiger partial charge in [0.2, 0.25) is 0 Å². The molecule has 0 amide bonds. The van der Waals surface area contributed by atoms with E-state index >= 15 is 0 Å². The second-order valence-electron chi connectivity index (χ2n) is 6.92. The van der Waals surface area contributed by atoms with Crippen molar-refractivity contribution in [1.82, 2.24) is 4.90 Å². The summed E-state index contributed by atoms with van der Waals surface area (Å²) in [5, 5.41) is 0. The van der Waals surface area contributed by atoms with Crippen LogP contribution in [-0.4, -0.2) is 29.8 Å². The van der Waals surface area contributed by atoms with Crippen LogP contribution in [0.2, 0.25) is 0 Å². The summed E-state index contributed by atoms with van der Waals surface area (Å²) < 4.78 is 0. The van der Waals surface area contributed by atoms with E-state index in [1.54, 1.807) is 0 Å². The molecule has 2 atom stereocenters. The largest absolute Gasteiger partial charge is 0.300 e. The molecule has 2 nitrogen and oxygen atoms in total. The van der Waals surface area contributed by atoms with E-state index in [0.29, 0.717) is 11.7 Å². The van der Waals surface area contributed by atoms with Gasteiger partial charge < -0.3 is 0 Å². The number of hydrogen-bond donors (Lipinski definition) is 0. The number of piperidine rings is 1. The smallest absolute Gasteiger partial charge is 0.142 e. The van der Waals surface area contributed by atoms with Crippen molar-refractivity contribution >= 4 is 5.78 Å². The molecule has 18 heavy (non-hydrogen) atoms. The van der Waals surface area contributed by atoms with Crippen molar-refractivity contribution in [3.05, 3.63) is 0 Å². The monoisotopic (exact) mass is 251 g/mol. The van der Waals surface area contributed by atoms with Crippen LogP contribution in [0.3, 0.4) is 0 Å². The molecule has 2 unspecified atom stereocenters. The van der Waals surface area contributed by atoms with Gasteiger partial charge in [-0.05, 0) is 38.6 Å². The highest BCUT2D eigenvalue weighted by Gasteiger charge is 2.41. The molecule has 0 radical (unpaired) electrons. The number of ketones is 1. The summed E-state index contributed by atoms with van der Waals surface area (Å²) in [6.45, 7) is 8.77. The fourth-order valence-corrected chi connectivity index (χ4v) is 3.76. The van der Waals surface area contributed by atoms with E-state index in [9.17, 15) is 4.79 Å². The molecule has 2 fully saturated rings. The first kappa shape index (κ1) is 14.0. The van der Waals surface area contributed by atoms with Crippen molar-refractivity contribution < 1.29 is 4.79 Å². The SMILES string of the molecule is CCCC1CCCCN1CC1CCC(C)(C)C1=O. The van der Waals surface area contributed by atoms with E-state index in [-0.39, 0.29) is 5.41 Å². The van der Waals surface area contributed by atoms with Crippen LogP contribution in [0.25, 0.3) is 0 Å². The van der Waals surface area contributed by atoms with Gasteiger partial charge in [-0.15, -0.1) is 0 Å². The van der Waals surface area contributed by atoms with Crippen LogP contribution in [0.4, 0.5) is 0 Å². The Hall–Kier alpha value is -0.370. The van der Waals surface area contributed by atoms with Gasteiger partial charge in [0.25, 0.3) is 0 Å². The predicted octanol–water partition coefficient (Wildman–Crippen LogP) is 3.65. The van der Waals surface area contributed by atoms with Crippen LogP contribution in [-0.2, 0) is 4.79 Å². The van der Waals surface area contributed by atoms with Crippen molar-refractivity contribution in [2.45, 2.75) is 71.8 Å². The Morgan fingerprint density at radius 3 is 2.67 bits per heavy atom. The molecule has 2 aliphatic rings.